The quantitative estimate of drug-likeness (QED) is 0.187. The Balaban J connectivity index is 2.01. The predicted octanol–water partition coefficient (Wildman–Crippen LogP) is 6.03. The standard InChI is InChI=1S/C24H24SSi2.2CH3.Sn/c1-26(2,3)19-13-11-17-15-9-7-8-10-16(15)18-12-14-20(27(4,5)6)24-22(18)21(17)23(19)25-24;;;/h7-9,11,13-14H,1-6H3;2*1H3;. The summed E-state index contributed by atoms with van der Waals surface area (Å²) in [6, 6.07) is 14.9. The van der Waals surface area contributed by atoms with Crippen LogP contribution in [0.2, 0.25) is 49.2 Å². The number of hydrogen-bond acceptors (Lipinski definition) is 1. The summed E-state index contributed by atoms with van der Waals surface area (Å²) >= 11 is -0.447. The fourth-order valence-corrected chi connectivity index (χ4v) is 21.1. The van der Waals surface area contributed by atoms with Gasteiger partial charge in [0.1, 0.15) is 0 Å². The predicted molar refractivity (Wildman–Crippen MR) is 148 cm³/mol. The molecule has 30 heavy (non-hydrogen) atoms. The number of benzene rings is 4. The van der Waals surface area contributed by atoms with Gasteiger partial charge in [-0.25, -0.2) is 0 Å². The van der Waals surface area contributed by atoms with Crippen LogP contribution >= 0.6 is 11.3 Å². The van der Waals surface area contributed by atoms with Crippen LogP contribution in [-0.2, 0) is 0 Å². The van der Waals surface area contributed by atoms with Crippen molar-refractivity contribution in [3.8, 4) is 0 Å². The van der Waals surface area contributed by atoms with Gasteiger partial charge in [-0.2, -0.15) is 0 Å². The zero-order valence-corrected chi connectivity index (χ0v) is 25.0. The van der Waals surface area contributed by atoms with E-state index in [9.17, 15) is 0 Å². The van der Waals surface area contributed by atoms with E-state index in [0.29, 0.717) is 0 Å². The van der Waals surface area contributed by atoms with Gasteiger partial charge in [-0.05, 0) is 0 Å². The maximum absolute atomic E-state index is 2.72. The Kier molecular flexibility index (Phi) is 3.77. The van der Waals surface area contributed by atoms with E-state index in [1.807, 2.05) is 0 Å². The molecule has 0 N–H and O–H groups in total. The van der Waals surface area contributed by atoms with Crippen molar-refractivity contribution in [2.24, 2.45) is 0 Å². The zero-order valence-electron chi connectivity index (χ0n) is 19.4. The summed E-state index contributed by atoms with van der Waals surface area (Å²) < 4.78 is 6.73. The number of thiophene rings is 1. The maximum atomic E-state index is 2.72. The van der Waals surface area contributed by atoms with Gasteiger partial charge in [0, 0.05) is 0 Å². The van der Waals surface area contributed by atoms with Crippen molar-refractivity contribution in [1.29, 1.82) is 0 Å². The molecule has 0 aliphatic carbocycles. The summed E-state index contributed by atoms with van der Waals surface area (Å²) in [7, 11) is -2.89. The third kappa shape index (κ3) is 2.28. The average Bonchev–Trinajstić information content (AvgIpc) is 3.13. The molecule has 0 spiro atoms. The molecule has 0 amide bonds. The Bertz CT molecular complexity index is 1530. The van der Waals surface area contributed by atoms with Gasteiger partial charge in [-0.3, -0.25) is 0 Å². The van der Waals surface area contributed by atoms with Crippen molar-refractivity contribution in [2.45, 2.75) is 49.2 Å². The van der Waals surface area contributed by atoms with E-state index in [4.69, 9.17) is 0 Å². The van der Waals surface area contributed by atoms with Gasteiger partial charge in [0.25, 0.3) is 0 Å². The molecule has 4 aromatic carbocycles. The molecule has 1 aromatic heterocycles. The van der Waals surface area contributed by atoms with Crippen LogP contribution in [0.5, 0.6) is 0 Å². The molecule has 0 atom stereocenters. The van der Waals surface area contributed by atoms with Crippen molar-refractivity contribution in [3.05, 3.63) is 36.4 Å². The summed E-state index contributed by atoms with van der Waals surface area (Å²) in [5.74, 6) is 0. The second kappa shape index (κ2) is 5.72. The molecule has 0 unspecified atom stereocenters. The first-order chi connectivity index (χ1) is 13.9. The fraction of sp³-hybridized carbons (Fsp3) is 0.308. The van der Waals surface area contributed by atoms with E-state index in [0.717, 1.165) is 0 Å². The van der Waals surface area contributed by atoms with Gasteiger partial charge in [0.2, 0.25) is 0 Å². The molecule has 0 bridgehead atoms. The molecule has 1 aliphatic heterocycles. The Morgan fingerprint density at radius 3 is 1.93 bits per heavy atom. The molecule has 152 valence electrons. The van der Waals surface area contributed by atoms with Crippen LogP contribution in [0.25, 0.3) is 41.7 Å². The van der Waals surface area contributed by atoms with Crippen LogP contribution in [0.4, 0.5) is 0 Å². The van der Waals surface area contributed by atoms with Crippen LogP contribution in [0, 0.1) is 0 Å². The minimum atomic E-state index is -2.58. The molecule has 6 rings (SSSR count). The molecule has 0 radical (unpaired) electrons. The Labute approximate surface area is 189 Å². The van der Waals surface area contributed by atoms with Gasteiger partial charge in [-0.1, -0.05) is 0 Å². The number of fused-ring (bicyclic) bond motifs is 1. The van der Waals surface area contributed by atoms with Crippen molar-refractivity contribution < 1.29 is 0 Å². The van der Waals surface area contributed by atoms with Gasteiger partial charge in [0.15, 0.2) is 0 Å². The zero-order chi connectivity index (χ0) is 21.4. The molecular weight excluding hydrogens is 519 g/mol. The Morgan fingerprint density at radius 1 is 0.633 bits per heavy atom. The number of rotatable bonds is 2. The monoisotopic (exact) mass is 550 g/mol. The normalized spacial score (nSPS) is 16.3. The van der Waals surface area contributed by atoms with E-state index in [2.05, 4.69) is 96.9 Å². The second-order valence-electron chi connectivity index (χ2n) is 11.9. The van der Waals surface area contributed by atoms with Crippen molar-refractivity contribution >= 4 is 105 Å². The van der Waals surface area contributed by atoms with E-state index in [-0.39, 0.29) is 0 Å². The van der Waals surface area contributed by atoms with Crippen LogP contribution in [0.3, 0.4) is 0 Å². The fourth-order valence-electron chi connectivity index (χ4n) is 5.89. The topological polar surface area (TPSA) is 0 Å². The van der Waals surface area contributed by atoms with E-state index in [1.54, 1.807) is 48.5 Å². The molecule has 4 heteroatoms. The van der Waals surface area contributed by atoms with Crippen LogP contribution in [0.1, 0.15) is 0 Å². The second-order valence-corrected chi connectivity index (χ2v) is 35.3. The molecule has 2 heterocycles. The summed E-state index contributed by atoms with van der Waals surface area (Å²) in [5, 5.41) is 12.9. The summed E-state index contributed by atoms with van der Waals surface area (Å²) in [4.78, 5) is 5.30. The summed E-state index contributed by atoms with van der Waals surface area (Å²) in [6.07, 6.45) is 0. The first-order valence-electron chi connectivity index (χ1n) is 11.1. The molecule has 0 nitrogen and oxygen atoms in total. The first kappa shape index (κ1) is 19.8. The first-order valence-corrected chi connectivity index (χ1v) is 27.5. The molecule has 5 aromatic rings. The third-order valence-corrected chi connectivity index (χ3v) is 23.1. The Hall–Kier alpha value is -0.888. The van der Waals surface area contributed by atoms with E-state index >= 15 is 0 Å². The average molecular weight is 549 g/mol. The van der Waals surface area contributed by atoms with Gasteiger partial charge in [0.05, 0.1) is 0 Å². The van der Waals surface area contributed by atoms with E-state index in [1.165, 1.54) is 10.8 Å². The molecule has 0 saturated carbocycles. The van der Waals surface area contributed by atoms with Gasteiger partial charge in [-0.15, -0.1) is 0 Å². The van der Waals surface area contributed by atoms with Crippen LogP contribution in [-0.4, -0.2) is 34.5 Å². The summed E-state index contributed by atoms with van der Waals surface area (Å²) in [5.41, 5.74) is 0. The number of hydrogen-bond donors (Lipinski definition) is 0. The molecule has 1 aliphatic rings. The molecule has 0 fully saturated rings. The van der Waals surface area contributed by atoms with Crippen molar-refractivity contribution in [2.75, 3.05) is 0 Å². The summed E-state index contributed by atoms with van der Waals surface area (Å²) in [6.45, 7) is 15.1. The minimum absolute atomic E-state index is 1.43. The van der Waals surface area contributed by atoms with Crippen LogP contribution in [0.15, 0.2) is 36.4 Å². The Morgan fingerprint density at radius 2 is 1.27 bits per heavy atom. The van der Waals surface area contributed by atoms with E-state index < -0.39 is 34.5 Å². The van der Waals surface area contributed by atoms with Gasteiger partial charge < -0.3 is 0 Å². The third-order valence-electron chi connectivity index (χ3n) is 7.46. The van der Waals surface area contributed by atoms with Crippen LogP contribution < -0.4 is 17.5 Å². The SMILES string of the molecule is C[Si](C)(C)c1ccc2c3ccc[c]4c3c3[c](cc([Si](C)(C)C)c5sc1c2c53)[Sn]4([CH3])[CH3]. The molecule has 0 saturated heterocycles. The van der Waals surface area contributed by atoms with Crippen molar-refractivity contribution in [1.82, 2.24) is 0 Å². The van der Waals surface area contributed by atoms with Gasteiger partial charge >= 0.3 is 191 Å². The molecular formula is C26H30SSi2Sn. The van der Waals surface area contributed by atoms with Crippen molar-refractivity contribution in [3.63, 3.8) is 0 Å².